The Bertz CT molecular complexity index is 1010. The summed E-state index contributed by atoms with van der Waals surface area (Å²) in [6, 6.07) is 11.4. The number of carbonyl (C=O) groups is 1. The Hall–Kier alpha value is -2.44. The first-order valence-corrected chi connectivity index (χ1v) is 10.3. The molecule has 4 rings (SSSR count). The summed E-state index contributed by atoms with van der Waals surface area (Å²) >= 11 is 1.55. The Kier molecular flexibility index (Phi) is 5.33. The number of ether oxygens (including phenoxy) is 2. The summed E-state index contributed by atoms with van der Waals surface area (Å²) in [5.74, 6) is 0.585. The number of thiazole rings is 1. The first-order chi connectivity index (χ1) is 13.6. The van der Waals surface area contributed by atoms with E-state index in [1.165, 1.54) is 5.56 Å². The fourth-order valence-corrected chi connectivity index (χ4v) is 4.51. The molecule has 2 aromatic carbocycles. The maximum atomic E-state index is 13.4. The van der Waals surface area contributed by atoms with Crippen molar-refractivity contribution in [3.8, 4) is 5.75 Å². The Morgan fingerprint density at radius 3 is 2.93 bits per heavy atom. The Labute approximate surface area is 168 Å². The average molecular weight is 397 g/mol. The maximum absolute atomic E-state index is 13.4. The molecule has 1 aromatic heterocycles. The number of amides is 1. The molecule has 1 unspecified atom stereocenters. The molecule has 1 amide bonds. The largest absolute Gasteiger partial charge is 0.497 e. The van der Waals surface area contributed by atoms with E-state index in [9.17, 15) is 4.79 Å². The van der Waals surface area contributed by atoms with Gasteiger partial charge in [-0.3, -0.25) is 9.69 Å². The number of anilines is 1. The molecule has 1 fully saturated rings. The molecule has 2 heterocycles. The van der Waals surface area contributed by atoms with E-state index in [1.54, 1.807) is 29.4 Å². The highest BCUT2D eigenvalue weighted by molar-refractivity contribution is 7.22. The molecule has 0 N–H and O–H groups in total. The molecule has 0 aliphatic carbocycles. The van der Waals surface area contributed by atoms with Crippen LogP contribution in [0, 0.1) is 13.8 Å². The first-order valence-electron chi connectivity index (χ1n) is 9.51. The van der Waals surface area contributed by atoms with Crippen molar-refractivity contribution < 1.29 is 14.3 Å². The van der Waals surface area contributed by atoms with Crippen LogP contribution in [0.2, 0.25) is 0 Å². The van der Waals surface area contributed by atoms with Crippen molar-refractivity contribution in [2.24, 2.45) is 0 Å². The van der Waals surface area contributed by atoms with Crippen LogP contribution in [0.1, 0.15) is 34.3 Å². The monoisotopic (exact) mass is 396 g/mol. The minimum Gasteiger partial charge on any atom is -0.497 e. The number of aromatic nitrogens is 1. The first kappa shape index (κ1) is 18.9. The van der Waals surface area contributed by atoms with Crippen LogP contribution in [0.25, 0.3) is 10.2 Å². The molecule has 146 valence electrons. The molecule has 5 nitrogen and oxygen atoms in total. The van der Waals surface area contributed by atoms with Crippen molar-refractivity contribution >= 4 is 32.6 Å². The van der Waals surface area contributed by atoms with Gasteiger partial charge < -0.3 is 9.47 Å². The van der Waals surface area contributed by atoms with E-state index in [1.807, 2.05) is 18.2 Å². The number of hydrogen-bond donors (Lipinski definition) is 0. The Morgan fingerprint density at radius 1 is 1.32 bits per heavy atom. The van der Waals surface area contributed by atoms with E-state index in [4.69, 9.17) is 14.5 Å². The highest BCUT2D eigenvalue weighted by Crippen LogP contribution is 2.33. The summed E-state index contributed by atoms with van der Waals surface area (Å²) in [6.07, 6.45) is 2.04. The van der Waals surface area contributed by atoms with Crippen molar-refractivity contribution in [1.82, 2.24) is 4.98 Å². The summed E-state index contributed by atoms with van der Waals surface area (Å²) in [6.45, 7) is 5.42. The lowest BCUT2D eigenvalue weighted by molar-refractivity contribution is 0.0917. The number of hydrogen-bond acceptors (Lipinski definition) is 5. The molecule has 0 radical (unpaired) electrons. The summed E-state index contributed by atoms with van der Waals surface area (Å²) in [5.41, 5.74) is 3.92. The Morgan fingerprint density at radius 2 is 2.18 bits per heavy atom. The molecule has 1 atom stereocenters. The van der Waals surface area contributed by atoms with Gasteiger partial charge in [0, 0.05) is 12.2 Å². The third-order valence-corrected chi connectivity index (χ3v) is 6.32. The second-order valence-corrected chi connectivity index (χ2v) is 8.14. The number of rotatable bonds is 5. The highest BCUT2D eigenvalue weighted by atomic mass is 32.1. The predicted octanol–water partition coefficient (Wildman–Crippen LogP) is 4.75. The van der Waals surface area contributed by atoms with Crippen LogP contribution in [0.4, 0.5) is 5.13 Å². The zero-order chi connectivity index (χ0) is 19.7. The van der Waals surface area contributed by atoms with Gasteiger partial charge in [-0.05, 0) is 62.1 Å². The third-order valence-electron chi connectivity index (χ3n) is 5.28. The topological polar surface area (TPSA) is 51.7 Å². The zero-order valence-corrected chi connectivity index (χ0v) is 17.2. The van der Waals surface area contributed by atoms with Crippen LogP contribution in [0.15, 0.2) is 36.4 Å². The molecule has 1 aliphatic heterocycles. The molecular formula is C22H24N2O3S. The van der Waals surface area contributed by atoms with E-state index in [0.29, 0.717) is 23.0 Å². The van der Waals surface area contributed by atoms with Crippen molar-refractivity contribution in [3.63, 3.8) is 0 Å². The van der Waals surface area contributed by atoms with E-state index in [-0.39, 0.29) is 12.0 Å². The molecule has 3 aromatic rings. The van der Waals surface area contributed by atoms with Gasteiger partial charge >= 0.3 is 0 Å². The number of benzene rings is 2. The average Bonchev–Trinajstić information content (AvgIpc) is 3.38. The van der Waals surface area contributed by atoms with Gasteiger partial charge in [-0.2, -0.15) is 0 Å². The minimum atomic E-state index is -0.0807. The number of carbonyl (C=O) groups excluding carboxylic acids is 1. The van der Waals surface area contributed by atoms with Crippen LogP contribution in [0.5, 0.6) is 5.75 Å². The number of nitrogens with zero attached hydrogens (tertiary/aromatic N) is 2. The lowest BCUT2D eigenvalue weighted by atomic mass is 10.1. The summed E-state index contributed by atoms with van der Waals surface area (Å²) < 4.78 is 12.2. The van der Waals surface area contributed by atoms with E-state index in [0.717, 1.165) is 35.2 Å². The molecule has 0 saturated carbocycles. The lowest BCUT2D eigenvalue weighted by Crippen LogP contribution is -2.37. The summed E-state index contributed by atoms with van der Waals surface area (Å²) in [5, 5.41) is 0.715. The van der Waals surface area contributed by atoms with Crippen LogP contribution >= 0.6 is 11.3 Å². The molecule has 28 heavy (non-hydrogen) atoms. The maximum Gasteiger partial charge on any atom is 0.260 e. The number of methoxy groups -OCH3 is 1. The minimum absolute atomic E-state index is 0.0457. The zero-order valence-electron chi connectivity index (χ0n) is 16.4. The molecular weight excluding hydrogens is 372 g/mol. The molecule has 6 heteroatoms. The predicted molar refractivity (Wildman–Crippen MR) is 113 cm³/mol. The van der Waals surface area contributed by atoms with Gasteiger partial charge in [0.05, 0.1) is 30.0 Å². The van der Waals surface area contributed by atoms with E-state index >= 15 is 0 Å². The van der Waals surface area contributed by atoms with Gasteiger partial charge in [0.2, 0.25) is 0 Å². The number of aryl methyl sites for hydroxylation is 2. The molecule has 1 aliphatic rings. The van der Waals surface area contributed by atoms with Crippen LogP contribution < -0.4 is 9.64 Å². The van der Waals surface area contributed by atoms with E-state index < -0.39 is 0 Å². The van der Waals surface area contributed by atoms with Crippen molar-refractivity contribution in [2.75, 3.05) is 25.2 Å². The smallest absolute Gasteiger partial charge is 0.260 e. The highest BCUT2D eigenvalue weighted by Gasteiger charge is 2.27. The Balaban J connectivity index is 1.74. The SMILES string of the molecule is COc1cccc(C(=O)N(CC2CCCO2)c2nc3c(C)c(C)ccc3s2)c1. The van der Waals surface area contributed by atoms with Gasteiger partial charge in [0.15, 0.2) is 5.13 Å². The van der Waals surface area contributed by atoms with Gasteiger partial charge in [-0.25, -0.2) is 4.98 Å². The quantitative estimate of drug-likeness (QED) is 0.625. The van der Waals surface area contributed by atoms with Crippen molar-refractivity contribution in [3.05, 3.63) is 53.1 Å². The fourth-order valence-electron chi connectivity index (χ4n) is 3.48. The second-order valence-electron chi connectivity index (χ2n) is 7.13. The standard InChI is InChI=1S/C22H24N2O3S/c1-14-9-10-19-20(15(14)2)23-22(28-19)24(13-18-8-5-11-27-18)21(25)16-6-4-7-17(12-16)26-3/h4,6-7,9-10,12,18H,5,8,11,13H2,1-3H3. The van der Waals surface area contributed by atoms with Gasteiger partial charge in [-0.15, -0.1) is 0 Å². The molecule has 0 bridgehead atoms. The molecule has 1 saturated heterocycles. The lowest BCUT2D eigenvalue weighted by Gasteiger charge is -2.23. The van der Waals surface area contributed by atoms with Crippen molar-refractivity contribution in [2.45, 2.75) is 32.8 Å². The van der Waals surface area contributed by atoms with Crippen molar-refractivity contribution in [1.29, 1.82) is 0 Å². The summed E-state index contributed by atoms with van der Waals surface area (Å²) in [7, 11) is 1.60. The third kappa shape index (κ3) is 3.62. The van der Waals surface area contributed by atoms with Crippen LogP contribution in [-0.2, 0) is 4.74 Å². The van der Waals surface area contributed by atoms with Crippen LogP contribution in [-0.4, -0.2) is 37.3 Å². The van der Waals surface area contributed by atoms with E-state index in [2.05, 4.69) is 26.0 Å². The normalized spacial score (nSPS) is 16.5. The number of fused-ring (bicyclic) bond motifs is 1. The second kappa shape index (κ2) is 7.89. The van der Waals surface area contributed by atoms with Crippen LogP contribution in [0.3, 0.4) is 0 Å². The fraction of sp³-hybridized carbons (Fsp3) is 0.364. The summed E-state index contributed by atoms with van der Waals surface area (Å²) in [4.78, 5) is 20.0. The van der Waals surface area contributed by atoms with Gasteiger partial charge in [-0.1, -0.05) is 23.5 Å². The van der Waals surface area contributed by atoms with Gasteiger partial charge in [0.25, 0.3) is 5.91 Å². The van der Waals surface area contributed by atoms with Gasteiger partial charge in [0.1, 0.15) is 5.75 Å². The molecule has 0 spiro atoms.